The topological polar surface area (TPSA) is 60.5 Å². The fraction of sp³-hybridized carbons (Fsp3) is 0.385. The van der Waals surface area contributed by atoms with E-state index in [0.29, 0.717) is 25.2 Å². The highest BCUT2D eigenvalue weighted by molar-refractivity contribution is 5.93. The van der Waals surface area contributed by atoms with Crippen LogP contribution in [0, 0.1) is 0 Å². The molecule has 100 valence electrons. The molecule has 0 aliphatic carbocycles. The second kappa shape index (κ2) is 4.89. The van der Waals surface area contributed by atoms with Crippen LogP contribution in [-0.2, 0) is 17.8 Å². The van der Waals surface area contributed by atoms with Crippen molar-refractivity contribution in [3.63, 3.8) is 0 Å². The zero-order valence-electron chi connectivity index (χ0n) is 10.7. The van der Waals surface area contributed by atoms with E-state index >= 15 is 0 Å². The summed E-state index contributed by atoms with van der Waals surface area (Å²) in [4.78, 5) is 14.2. The monoisotopic (exact) mass is 261 g/mol. The molecule has 1 aliphatic heterocycles. The summed E-state index contributed by atoms with van der Waals surface area (Å²) in [5.74, 6) is -0.0505. The lowest BCUT2D eigenvalue weighted by molar-refractivity contribution is 0.0449. The Kier molecular flexibility index (Phi) is 3.08. The lowest BCUT2D eigenvalue weighted by Gasteiger charge is -2.22. The Morgan fingerprint density at radius 2 is 2.37 bits per heavy atom. The van der Waals surface area contributed by atoms with Gasteiger partial charge in [-0.1, -0.05) is 0 Å². The molecular formula is C13H15N3O3. The van der Waals surface area contributed by atoms with E-state index in [0.717, 1.165) is 5.69 Å². The molecule has 0 N–H and O–H groups in total. The Morgan fingerprint density at radius 1 is 1.47 bits per heavy atom. The summed E-state index contributed by atoms with van der Waals surface area (Å²) in [6.45, 7) is 1.74. The maximum atomic E-state index is 12.4. The van der Waals surface area contributed by atoms with Crippen LogP contribution in [0.25, 0.3) is 0 Å². The molecule has 1 aliphatic rings. The van der Waals surface area contributed by atoms with Gasteiger partial charge in [-0.3, -0.25) is 9.48 Å². The second-order valence-corrected chi connectivity index (χ2v) is 4.56. The van der Waals surface area contributed by atoms with E-state index in [1.54, 1.807) is 24.3 Å². The number of ether oxygens (including phenoxy) is 1. The quantitative estimate of drug-likeness (QED) is 0.813. The number of amides is 1. The number of fused-ring (bicyclic) bond motifs is 1. The summed E-state index contributed by atoms with van der Waals surface area (Å²) in [6, 6.07) is 3.60. The summed E-state index contributed by atoms with van der Waals surface area (Å²) in [5, 5.41) is 4.25. The predicted molar refractivity (Wildman–Crippen MR) is 66.5 cm³/mol. The van der Waals surface area contributed by atoms with Crippen molar-refractivity contribution < 1.29 is 13.9 Å². The van der Waals surface area contributed by atoms with Crippen LogP contribution in [0.1, 0.15) is 16.1 Å². The van der Waals surface area contributed by atoms with Crippen molar-refractivity contribution in [2.24, 2.45) is 0 Å². The molecule has 1 atom stereocenters. The van der Waals surface area contributed by atoms with Crippen LogP contribution in [-0.4, -0.2) is 40.3 Å². The number of nitrogens with zero attached hydrogens (tertiary/aromatic N) is 3. The molecule has 2 aromatic rings. The van der Waals surface area contributed by atoms with Gasteiger partial charge in [0.15, 0.2) is 0 Å². The lowest BCUT2D eigenvalue weighted by atomic mass is 10.2. The van der Waals surface area contributed by atoms with E-state index in [2.05, 4.69) is 5.10 Å². The molecule has 0 saturated heterocycles. The molecule has 0 spiro atoms. The van der Waals surface area contributed by atoms with Crippen molar-refractivity contribution in [1.82, 2.24) is 14.7 Å². The number of carbonyl (C=O) groups is 1. The fourth-order valence-corrected chi connectivity index (χ4v) is 2.29. The first-order valence-electron chi connectivity index (χ1n) is 6.13. The first kappa shape index (κ1) is 12.0. The fourth-order valence-electron chi connectivity index (χ4n) is 2.29. The van der Waals surface area contributed by atoms with E-state index in [1.807, 2.05) is 10.7 Å². The number of furan rings is 1. The van der Waals surface area contributed by atoms with Gasteiger partial charge in [0, 0.05) is 19.9 Å². The zero-order chi connectivity index (χ0) is 13.2. The number of methoxy groups -OCH3 is 1. The van der Waals surface area contributed by atoms with Crippen molar-refractivity contribution in [3.8, 4) is 0 Å². The standard InChI is InChI=1S/C13H15N3O3/c1-18-12-7-15(13(17)10-3-5-19-9-10)6-11-2-4-14-16(11)8-12/h2-5,9,12H,6-8H2,1H3. The average molecular weight is 261 g/mol. The molecule has 0 radical (unpaired) electrons. The van der Waals surface area contributed by atoms with Crippen molar-refractivity contribution in [3.05, 3.63) is 42.1 Å². The highest BCUT2D eigenvalue weighted by atomic mass is 16.5. The molecule has 3 rings (SSSR count). The predicted octanol–water partition coefficient (Wildman–Crippen LogP) is 1.15. The number of hydrogen-bond acceptors (Lipinski definition) is 4. The smallest absolute Gasteiger partial charge is 0.257 e. The van der Waals surface area contributed by atoms with E-state index in [-0.39, 0.29) is 12.0 Å². The average Bonchev–Trinajstić information content (AvgIpc) is 3.06. The van der Waals surface area contributed by atoms with E-state index in [9.17, 15) is 4.79 Å². The van der Waals surface area contributed by atoms with Gasteiger partial charge in [0.1, 0.15) is 6.26 Å². The molecule has 0 bridgehead atoms. The number of carbonyl (C=O) groups excluding carboxylic acids is 1. The summed E-state index contributed by atoms with van der Waals surface area (Å²) in [7, 11) is 1.65. The van der Waals surface area contributed by atoms with E-state index in [4.69, 9.17) is 9.15 Å². The molecule has 1 amide bonds. The van der Waals surface area contributed by atoms with Crippen LogP contribution < -0.4 is 0 Å². The lowest BCUT2D eigenvalue weighted by Crippen LogP contribution is -2.36. The van der Waals surface area contributed by atoms with Gasteiger partial charge in [0.05, 0.1) is 36.7 Å². The van der Waals surface area contributed by atoms with Crippen LogP contribution in [0.5, 0.6) is 0 Å². The first-order valence-corrected chi connectivity index (χ1v) is 6.13. The Labute approximate surface area is 110 Å². The van der Waals surface area contributed by atoms with Crippen molar-refractivity contribution in [2.45, 2.75) is 19.2 Å². The molecule has 1 unspecified atom stereocenters. The zero-order valence-corrected chi connectivity index (χ0v) is 10.7. The Balaban J connectivity index is 1.87. The first-order chi connectivity index (χ1) is 9.28. The molecule has 0 saturated carbocycles. The Bertz CT molecular complexity index is 561. The summed E-state index contributed by atoms with van der Waals surface area (Å²) >= 11 is 0. The van der Waals surface area contributed by atoms with Gasteiger partial charge in [-0.15, -0.1) is 0 Å². The third-order valence-corrected chi connectivity index (χ3v) is 3.35. The molecule has 3 heterocycles. The maximum absolute atomic E-state index is 12.4. The third-order valence-electron chi connectivity index (χ3n) is 3.35. The Hall–Kier alpha value is -2.08. The number of hydrogen-bond donors (Lipinski definition) is 0. The Morgan fingerprint density at radius 3 is 3.11 bits per heavy atom. The molecule has 2 aromatic heterocycles. The van der Waals surface area contributed by atoms with Gasteiger partial charge < -0.3 is 14.1 Å². The van der Waals surface area contributed by atoms with E-state index in [1.165, 1.54) is 12.5 Å². The van der Waals surface area contributed by atoms with Gasteiger partial charge >= 0.3 is 0 Å². The van der Waals surface area contributed by atoms with Gasteiger partial charge in [-0.25, -0.2) is 0 Å². The van der Waals surface area contributed by atoms with Crippen molar-refractivity contribution in [1.29, 1.82) is 0 Å². The minimum atomic E-state index is -0.0583. The molecule has 19 heavy (non-hydrogen) atoms. The highest BCUT2D eigenvalue weighted by Gasteiger charge is 2.26. The highest BCUT2D eigenvalue weighted by Crippen LogP contribution is 2.16. The summed E-state index contributed by atoms with van der Waals surface area (Å²) < 4.78 is 12.3. The molecule has 0 aromatic carbocycles. The third kappa shape index (κ3) is 2.26. The summed E-state index contributed by atoms with van der Waals surface area (Å²) in [5.41, 5.74) is 1.57. The minimum absolute atomic E-state index is 0.0505. The van der Waals surface area contributed by atoms with Gasteiger partial charge in [-0.05, 0) is 12.1 Å². The van der Waals surface area contributed by atoms with Crippen LogP contribution in [0.2, 0.25) is 0 Å². The van der Waals surface area contributed by atoms with E-state index < -0.39 is 0 Å². The van der Waals surface area contributed by atoms with Gasteiger partial charge in [0.2, 0.25) is 0 Å². The minimum Gasteiger partial charge on any atom is -0.472 e. The number of rotatable bonds is 2. The number of aromatic nitrogens is 2. The van der Waals surface area contributed by atoms with Crippen LogP contribution in [0.4, 0.5) is 0 Å². The molecule has 0 fully saturated rings. The molecule has 6 nitrogen and oxygen atoms in total. The van der Waals surface area contributed by atoms with Gasteiger partial charge in [-0.2, -0.15) is 5.10 Å². The second-order valence-electron chi connectivity index (χ2n) is 4.56. The maximum Gasteiger partial charge on any atom is 0.257 e. The molecular weight excluding hydrogens is 246 g/mol. The summed E-state index contributed by atoms with van der Waals surface area (Å²) in [6.07, 6.45) is 4.65. The van der Waals surface area contributed by atoms with Crippen molar-refractivity contribution in [2.75, 3.05) is 13.7 Å². The van der Waals surface area contributed by atoms with Crippen LogP contribution >= 0.6 is 0 Å². The SMILES string of the molecule is COC1CN(C(=O)c2ccoc2)Cc2ccnn2C1. The molecule has 6 heteroatoms. The van der Waals surface area contributed by atoms with Crippen LogP contribution in [0.15, 0.2) is 35.3 Å². The van der Waals surface area contributed by atoms with Gasteiger partial charge in [0.25, 0.3) is 5.91 Å². The van der Waals surface area contributed by atoms with Crippen LogP contribution in [0.3, 0.4) is 0 Å². The largest absolute Gasteiger partial charge is 0.472 e. The normalized spacial score (nSPS) is 19.0. The van der Waals surface area contributed by atoms with Crippen molar-refractivity contribution >= 4 is 5.91 Å².